The van der Waals surface area contributed by atoms with Crippen LogP contribution >= 0.6 is 0 Å². The minimum atomic E-state index is 0.107. The second-order valence-corrected chi connectivity index (χ2v) is 3.00. The maximum absolute atomic E-state index is 8.29. The minimum Gasteiger partial charge on any atom is -0.369 e. The zero-order valence-corrected chi connectivity index (χ0v) is 8.20. The molecule has 3 N–H and O–H groups in total. The molecular formula is C10H12N4. The molecule has 0 aliphatic heterocycles. The van der Waals surface area contributed by atoms with Gasteiger partial charge in [0.2, 0.25) is 5.96 Å². The van der Waals surface area contributed by atoms with Crippen molar-refractivity contribution in [3.63, 3.8) is 0 Å². The second kappa shape index (κ2) is 4.28. The first-order valence-corrected chi connectivity index (χ1v) is 4.20. The monoisotopic (exact) mass is 188 g/mol. The van der Waals surface area contributed by atoms with E-state index in [1.54, 1.807) is 6.19 Å². The van der Waals surface area contributed by atoms with Gasteiger partial charge in [0, 0.05) is 0 Å². The van der Waals surface area contributed by atoms with E-state index in [0.29, 0.717) is 0 Å². The highest BCUT2D eigenvalue weighted by Gasteiger charge is 1.95. The Balaban J connectivity index is 2.94. The van der Waals surface area contributed by atoms with Crippen molar-refractivity contribution in [2.75, 3.05) is 0 Å². The van der Waals surface area contributed by atoms with E-state index in [0.717, 1.165) is 11.3 Å². The first-order chi connectivity index (χ1) is 6.63. The molecule has 0 aliphatic rings. The highest BCUT2D eigenvalue weighted by Crippen LogP contribution is 2.16. The summed E-state index contributed by atoms with van der Waals surface area (Å²) in [6, 6.07) is 5.74. The van der Waals surface area contributed by atoms with E-state index in [4.69, 9.17) is 11.0 Å². The van der Waals surface area contributed by atoms with Gasteiger partial charge in [-0.15, -0.1) is 0 Å². The van der Waals surface area contributed by atoms with Crippen molar-refractivity contribution in [2.45, 2.75) is 13.8 Å². The van der Waals surface area contributed by atoms with Crippen LogP contribution in [0.15, 0.2) is 23.2 Å². The Morgan fingerprint density at radius 2 is 2.14 bits per heavy atom. The number of guanidine groups is 1. The van der Waals surface area contributed by atoms with E-state index in [2.05, 4.69) is 10.3 Å². The Kier molecular flexibility index (Phi) is 3.08. The number of nitrogens with zero attached hydrogens (tertiary/aromatic N) is 2. The van der Waals surface area contributed by atoms with Gasteiger partial charge in [-0.1, -0.05) is 6.07 Å². The van der Waals surface area contributed by atoms with E-state index in [1.165, 1.54) is 5.56 Å². The maximum atomic E-state index is 8.29. The molecule has 0 fully saturated rings. The van der Waals surface area contributed by atoms with E-state index >= 15 is 0 Å². The summed E-state index contributed by atoms with van der Waals surface area (Å²) < 4.78 is 0. The van der Waals surface area contributed by atoms with Crippen molar-refractivity contribution >= 4 is 11.6 Å². The fourth-order valence-electron chi connectivity index (χ4n) is 1.02. The molecule has 1 rings (SSSR count). The third-order valence-corrected chi connectivity index (χ3v) is 1.92. The number of hydrogen-bond acceptors (Lipinski definition) is 2. The Bertz CT molecular complexity index is 401. The lowest BCUT2D eigenvalue weighted by Crippen LogP contribution is -2.26. The lowest BCUT2D eigenvalue weighted by atomic mass is 10.1. The maximum Gasteiger partial charge on any atom is 0.207 e. The summed E-state index contributed by atoms with van der Waals surface area (Å²) in [6.45, 7) is 4.03. The molecule has 0 spiro atoms. The first kappa shape index (κ1) is 10.1. The van der Waals surface area contributed by atoms with Gasteiger partial charge in [0.25, 0.3) is 0 Å². The summed E-state index contributed by atoms with van der Waals surface area (Å²) in [5.74, 6) is 0.107. The molecule has 4 heteroatoms. The molecule has 0 bridgehead atoms. The summed E-state index contributed by atoms with van der Waals surface area (Å²) in [5.41, 5.74) is 8.52. The largest absolute Gasteiger partial charge is 0.369 e. The van der Waals surface area contributed by atoms with Crippen LogP contribution in [0.3, 0.4) is 0 Å². The van der Waals surface area contributed by atoms with Crippen molar-refractivity contribution < 1.29 is 0 Å². The van der Waals surface area contributed by atoms with Crippen molar-refractivity contribution in [1.29, 1.82) is 5.26 Å². The van der Waals surface area contributed by atoms with Crippen LogP contribution in [0.2, 0.25) is 0 Å². The Labute approximate surface area is 83.1 Å². The van der Waals surface area contributed by atoms with E-state index in [-0.39, 0.29) is 5.96 Å². The van der Waals surface area contributed by atoms with Crippen LogP contribution in [0, 0.1) is 25.3 Å². The Morgan fingerprint density at radius 3 is 2.71 bits per heavy atom. The van der Waals surface area contributed by atoms with E-state index in [9.17, 15) is 0 Å². The molecule has 0 radical (unpaired) electrons. The first-order valence-electron chi connectivity index (χ1n) is 4.20. The van der Waals surface area contributed by atoms with Gasteiger partial charge in [-0.2, -0.15) is 5.26 Å². The molecule has 0 amide bonds. The Hall–Kier alpha value is -2.02. The summed E-state index contributed by atoms with van der Waals surface area (Å²) >= 11 is 0. The highest BCUT2D eigenvalue weighted by molar-refractivity contribution is 5.82. The average Bonchev–Trinajstić information content (AvgIpc) is 2.12. The molecule has 0 heterocycles. The molecule has 0 atom stereocenters. The number of rotatable bonds is 1. The lowest BCUT2D eigenvalue weighted by molar-refractivity contribution is 1.21. The van der Waals surface area contributed by atoms with Gasteiger partial charge in [0.05, 0.1) is 5.69 Å². The summed E-state index contributed by atoms with van der Waals surface area (Å²) in [7, 11) is 0. The SMILES string of the molecule is Cc1ccc(N=C(N)NC#N)cc1C. The quantitative estimate of drug-likeness (QED) is 0.302. The predicted molar refractivity (Wildman–Crippen MR) is 55.9 cm³/mol. The van der Waals surface area contributed by atoms with Gasteiger partial charge in [0.15, 0.2) is 6.19 Å². The van der Waals surface area contributed by atoms with Crippen molar-refractivity contribution in [2.24, 2.45) is 10.7 Å². The van der Waals surface area contributed by atoms with Crippen LogP contribution in [0.25, 0.3) is 0 Å². The fraction of sp³-hybridized carbons (Fsp3) is 0.200. The van der Waals surface area contributed by atoms with E-state index in [1.807, 2.05) is 32.0 Å². The summed E-state index contributed by atoms with van der Waals surface area (Å²) in [6.07, 6.45) is 1.71. The molecule has 1 aromatic rings. The van der Waals surface area contributed by atoms with E-state index < -0.39 is 0 Å². The summed E-state index contributed by atoms with van der Waals surface area (Å²) in [5, 5.41) is 10.6. The van der Waals surface area contributed by atoms with Crippen LogP contribution in [-0.4, -0.2) is 5.96 Å². The molecule has 0 aliphatic carbocycles. The summed E-state index contributed by atoms with van der Waals surface area (Å²) in [4.78, 5) is 4.01. The number of hydrogen-bond donors (Lipinski definition) is 2. The number of benzene rings is 1. The van der Waals surface area contributed by atoms with Crippen LogP contribution in [-0.2, 0) is 0 Å². The van der Waals surface area contributed by atoms with Gasteiger partial charge in [-0.05, 0) is 37.1 Å². The third kappa shape index (κ3) is 2.49. The average molecular weight is 188 g/mol. The fourth-order valence-corrected chi connectivity index (χ4v) is 1.02. The van der Waals surface area contributed by atoms with Gasteiger partial charge >= 0.3 is 0 Å². The van der Waals surface area contributed by atoms with Crippen molar-refractivity contribution in [3.8, 4) is 6.19 Å². The van der Waals surface area contributed by atoms with Crippen molar-refractivity contribution in [1.82, 2.24) is 5.32 Å². The molecule has 0 saturated heterocycles. The number of nitrogens with one attached hydrogen (secondary N) is 1. The van der Waals surface area contributed by atoms with Crippen LogP contribution in [0.4, 0.5) is 5.69 Å². The molecule has 4 nitrogen and oxygen atoms in total. The zero-order chi connectivity index (χ0) is 10.6. The molecule has 0 saturated carbocycles. The van der Waals surface area contributed by atoms with Gasteiger partial charge in [-0.25, -0.2) is 4.99 Å². The molecular weight excluding hydrogens is 176 g/mol. The number of aliphatic imine (C=N–C) groups is 1. The predicted octanol–water partition coefficient (Wildman–Crippen LogP) is 1.32. The number of nitrogens with two attached hydrogens (primary N) is 1. The second-order valence-electron chi connectivity index (χ2n) is 3.00. The molecule has 0 aromatic heterocycles. The van der Waals surface area contributed by atoms with Crippen LogP contribution in [0.1, 0.15) is 11.1 Å². The highest BCUT2D eigenvalue weighted by atomic mass is 15.1. The van der Waals surface area contributed by atoms with Crippen LogP contribution < -0.4 is 11.1 Å². The van der Waals surface area contributed by atoms with Gasteiger partial charge < -0.3 is 5.73 Å². The van der Waals surface area contributed by atoms with Crippen LogP contribution in [0.5, 0.6) is 0 Å². The Morgan fingerprint density at radius 1 is 1.43 bits per heavy atom. The minimum absolute atomic E-state index is 0.107. The topological polar surface area (TPSA) is 74.2 Å². The molecule has 72 valence electrons. The number of nitriles is 1. The lowest BCUT2D eigenvalue weighted by Gasteiger charge is -2.01. The van der Waals surface area contributed by atoms with Gasteiger partial charge in [0.1, 0.15) is 0 Å². The molecule has 0 unspecified atom stereocenters. The van der Waals surface area contributed by atoms with Crippen molar-refractivity contribution in [3.05, 3.63) is 29.3 Å². The third-order valence-electron chi connectivity index (χ3n) is 1.92. The molecule has 14 heavy (non-hydrogen) atoms. The van der Waals surface area contributed by atoms with Gasteiger partial charge in [-0.3, -0.25) is 5.32 Å². The molecule has 1 aromatic carbocycles. The smallest absolute Gasteiger partial charge is 0.207 e. The number of aryl methyl sites for hydroxylation is 2. The standard InChI is InChI=1S/C10H12N4/c1-7-3-4-9(5-8(7)2)14-10(12)13-6-11/h3-5H,1-2H3,(H3,12,13,14). The normalized spacial score (nSPS) is 10.8. The zero-order valence-electron chi connectivity index (χ0n) is 8.20.